The number of rotatable bonds is 9. The molecule has 0 atom stereocenters. The highest BCUT2D eigenvalue weighted by Gasteiger charge is 2.24. The van der Waals surface area contributed by atoms with E-state index in [4.69, 9.17) is 14.2 Å². The number of phenolic OH excluding ortho intramolecular Hbond substituents is 1. The van der Waals surface area contributed by atoms with Crippen LogP contribution in [0.25, 0.3) is 0 Å². The van der Waals surface area contributed by atoms with Crippen LogP contribution in [-0.2, 0) is 9.59 Å². The molecule has 1 N–H and O–H groups in total. The smallest absolute Gasteiger partial charge is 0.226 e. The number of para-hydroxylation sites is 2. The van der Waals surface area contributed by atoms with Gasteiger partial charge in [0, 0.05) is 32.2 Å². The molecule has 8 nitrogen and oxygen atoms in total. The number of carbonyl (C=O) groups excluding carboxylic acids is 2. The molecule has 0 bridgehead atoms. The van der Waals surface area contributed by atoms with Crippen LogP contribution in [0.4, 0.5) is 0 Å². The van der Waals surface area contributed by atoms with Crippen molar-refractivity contribution in [2.24, 2.45) is 0 Å². The fourth-order valence-corrected chi connectivity index (χ4v) is 3.30. The number of ether oxygens (including phenoxy) is 3. The third kappa shape index (κ3) is 6.53. The predicted molar refractivity (Wildman–Crippen MR) is 114 cm³/mol. The maximum absolute atomic E-state index is 12.4. The second-order valence-corrected chi connectivity index (χ2v) is 7.11. The summed E-state index contributed by atoms with van der Waals surface area (Å²) in [6.07, 6.45) is 0.496. The zero-order chi connectivity index (χ0) is 22.1. The number of methoxy groups -OCH3 is 1. The highest BCUT2D eigenvalue weighted by atomic mass is 16.5. The first-order valence-electron chi connectivity index (χ1n) is 10.3. The van der Waals surface area contributed by atoms with E-state index in [1.54, 1.807) is 41.2 Å². The van der Waals surface area contributed by atoms with E-state index in [9.17, 15) is 14.7 Å². The molecule has 3 rings (SSSR count). The highest BCUT2D eigenvalue weighted by Crippen LogP contribution is 2.24. The summed E-state index contributed by atoms with van der Waals surface area (Å²) in [6.45, 7) is 2.48. The molecule has 166 valence electrons. The molecule has 2 aromatic rings. The SMILES string of the molecule is COc1cccc(OCCC(=O)N2CCN(C(=O)CCOc3ccccc3O)CC2)c1. The van der Waals surface area contributed by atoms with Gasteiger partial charge in [-0.05, 0) is 24.3 Å². The molecular weight excluding hydrogens is 400 g/mol. The van der Waals surface area contributed by atoms with Crippen molar-refractivity contribution in [2.75, 3.05) is 46.5 Å². The molecule has 0 aliphatic carbocycles. The maximum Gasteiger partial charge on any atom is 0.226 e. The summed E-state index contributed by atoms with van der Waals surface area (Å²) in [5.41, 5.74) is 0. The van der Waals surface area contributed by atoms with Gasteiger partial charge in [-0.25, -0.2) is 0 Å². The van der Waals surface area contributed by atoms with Gasteiger partial charge in [0.25, 0.3) is 0 Å². The Hall–Kier alpha value is -3.42. The van der Waals surface area contributed by atoms with Crippen molar-refractivity contribution < 1.29 is 28.9 Å². The van der Waals surface area contributed by atoms with Gasteiger partial charge in [-0.1, -0.05) is 18.2 Å². The molecule has 2 aromatic carbocycles. The number of aromatic hydroxyl groups is 1. The van der Waals surface area contributed by atoms with Gasteiger partial charge in [0.15, 0.2) is 11.5 Å². The van der Waals surface area contributed by atoms with Gasteiger partial charge in [-0.15, -0.1) is 0 Å². The van der Waals surface area contributed by atoms with Gasteiger partial charge in [-0.2, -0.15) is 0 Å². The summed E-state index contributed by atoms with van der Waals surface area (Å²) in [4.78, 5) is 28.3. The molecule has 0 radical (unpaired) electrons. The number of piperazine rings is 1. The molecule has 1 saturated heterocycles. The molecule has 1 aliphatic heterocycles. The van der Waals surface area contributed by atoms with Crippen molar-refractivity contribution in [3.63, 3.8) is 0 Å². The number of nitrogens with zero attached hydrogens (tertiary/aromatic N) is 2. The monoisotopic (exact) mass is 428 g/mol. The molecule has 8 heteroatoms. The Balaban J connectivity index is 1.34. The van der Waals surface area contributed by atoms with Crippen molar-refractivity contribution in [3.8, 4) is 23.0 Å². The molecular formula is C23H28N2O6. The Morgan fingerprint density at radius 1 is 0.839 bits per heavy atom. The topological polar surface area (TPSA) is 88.5 Å². The predicted octanol–water partition coefficient (Wildman–Crippen LogP) is 2.31. The molecule has 0 unspecified atom stereocenters. The number of phenols is 1. The lowest BCUT2D eigenvalue weighted by Crippen LogP contribution is -2.51. The Bertz CT molecular complexity index is 880. The van der Waals surface area contributed by atoms with Crippen LogP contribution < -0.4 is 14.2 Å². The minimum atomic E-state index is -0.0242. The number of hydrogen-bond acceptors (Lipinski definition) is 6. The Kier molecular flexibility index (Phi) is 7.98. The minimum absolute atomic E-state index is 0.0119. The lowest BCUT2D eigenvalue weighted by atomic mass is 10.2. The first kappa shape index (κ1) is 22.3. The lowest BCUT2D eigenvalue weighted by molar-refractivity contribution is -0.140. The molecule has 0 spiro atoms. The Labute approximate surface area is 181 Å². The van der Waals surface area contributed by atoms with E-state index in [1.807, 2.05) is 18.2 Å². The molecule has 1 heterocycles. The standard InChI is InChI=1S/C23H28N2O6/c1-29-18-5-4-6-19(17-18)30-15-9-22(27)24-11-13-25(14-12-24)23(28)10-16-31-21-8-3-2-7-20(21)26/h2-8,17,26H,9-16H2,1H3. The van der Waals surface area contributed by atoms with Crippen LogP contribution in [0, 0.1) is 0 Å². The number of carbonyl (C=O) groups is 2. The fraction of sp³-hybridized carbons (Fsp3) is 0.391. The zero-order valence-electron chi connectivity index (χ0n) is 17.7. The lowest BCUT2D eigenvalue weighted by Gasteiger charge is -2.35. The van der Waals surface area contributed by atoms with Gasteiger partial charge < -0.3 is 29.1 Å². The quantitative estimate of drug-likeness (QED) is 0.659. The van der Waals surface area contributed by atoms with Crippen molar-refractivity contribution in [2.45, 2.75) is 12.8 Å². The van der Waals surface area contributed by atoms with E-state index >= 15 is 0 Å². The normalized spacial score (nSPS) is 13.6. The third-order valence-corrected chi connectivity index (χ3v) is 5.05. The summed E-state index contributed by atoms with van der Waals surface area (Å²) < 4.78 is 16.3. The molecule has 1 aliphatic rings. The summed E-state index contributed by atoms with van der Waals surface area (Å²) in [5, 5.41) is 9.68. The fourth-order valence-electron chi connectivity index (χ4n) is 3.30. The van der Waals surface area contributed by atoms with E-state index in [2.05, 4.69) is 0 Å². The van der Waals surface area contributed by atoms with Crippen LogP contribution in [0.3, 0.4) is 0 Å². The highest BCUT2D eigenvalue weighted by molar-refractivity contribution is 5.78. The van der Waals surface area contributed by atoms with Crippen LogP contribution in [0.1, 0.15) is 12.8 Å². The van der Waals surface area contributed by atoms with Gasteiger partial charge in [0.1, 0.15) is 11.5 Å². The van der Waals surface area contributed by atoms with E-state index < -0.39 is 0 Å². The number of hydrogen-bond donors (Lipinski definition) is 1. The Morgan fingerprint density at radius 3 is 2.03 bits per heavy atom. The third-order valence-electron chi connectivity index (χ3n) is 5.05. The van der Waals surface area contributed by atoms with Crippen LogP contribution in [0.15, 0.2) is 48.5 Å². The second-order valence-electron chi connectivity index (χ2n) is 7.11. The van der Waals surface area contributed by atoms with Gasteiger partial charge in [0.05, 0.1) is 33.2 Å². The van der Waals surface area contributed by atoms with E-state index in [-0.39, 0.29) is 43.6 Å². The first-order valence-corrected chi connectivity index (χ1v) is 10.3. The van der Waals surface area contributed by atoms with Crippen molar-refractivity contribution in [3.05, 3.63) is 48.5 Å². The molecule has 2 amide bonds. The summed E-state index contributed by atoms with van der Waals surface area (Å²) in [7, 11) is 1.59. The molecule has 0 saturated carbocycles. The van der Waals surface area contributed by atoms with Crippen LogP contribution in [-0.4, -0.2) is 73.2 Å². The summed E-state index contributed by atoms with van der Waals surface area (Å²) in [6, 6.07) is 13.9. The van der Waals surface area contributed by atoms with Crippen molar-refractivity contribution >= 4 is 11.8 Å². The number of amides is 2. The van der Waals surface area contributed by atoms with Gasteiger partial charge in [-0.3, -0.25) is 9.59 Å². The van der Waals surface area contributed by atoms with E-state index in [0.717, 1.165) is 0 Å². The van der Waals surface area contributed by atoms with Crippen LogP contribution in [0.5, 0.6) is 23.0 Å². The number of benzene rings is 2. The molecule has 0 aromatic heterocycles. The van der Waals surface area contributed by atoms with E-state index in [1.165, 1.54) is 6.07 Å². The maximum atomic E-state index is 12.4. The molecule has 31 heavy (non-hydrogen) atoms. The zero-order valence-corrected chi connectivity index (χ0v) is 17.7. The van der Waals surface area contributed by atoms with Gasteiger partial charge in [0.2, 0.25) is 11.8 Å². The second kappa shape index (κ2) is 11.1. The minimum Gasteiger partial charge on any atom is -0.504 e. The average Bonchev–Trinajstić information content (AvgIpc) is 2.80. The van der Waals surface area contributed by atoms with Gasteiger partial charge >= 0.3 is 0 Å². The van der Waals surface area contributed by atoms with Crippen molar-refractivity contribution in [1.82, 2.24) is 9.80 Å². The summed E-state index contributed by atoms with van der Waals surface area (Å²) in [5.74, 6) is 1.77. The first-order chi connectivity index (χ1) is 15.1. The van der Waals surface area contributed by atoms with Crippen molar-refractivity contribution in [1.29, 1.82) is 0 Å². The van der Waals surface area contributed by atoms with E-state index in [0.29, 0.717) is 43.4 Å². The van der Waals surface area contributed by atoms with Crippen LogP contribution in [0.2, 0.25) is 0 Å². The molecule has 1 fully saturated rings. The largest absolute Gasteiger partial charge is 0.504 e. The average molecular weight is 428 g/mol. The Morgan fingerprint density at radius 2 is 1.42 bits per heavy atom. The van der Waals surface area contributed by atoms with Crippen LogP contribution >= 0.6 is 0 Å². The summed E-state index contributed by atoms with van der Waals surface area (Å²) >= 11 is 0.